The Bertz CT molecular complexity index is 799. The van der Waals surface area contributed by atoms with Crippen molar-refractivity contribution < 1.29 is 9.59 Å². The van der Waals surface area contributed by atoms with Gasteiger partial charge in [-0.2, -0.15) is 0 Å². The van der Waals surface area contributed by atoms with E-state index in [-0.39, 0.29) is 11.6 Å². The highest BCUT2D eigenvalue weighted by atomic mass is 16.2. The number of hydrogen-bond donors (Lipinski definition) is 0. The second kappa shape index (κ2) is 4.52. The molecule has 102 valence electrons. The molecule has 0 heterocycles. The van der Waals surface area contributed by atoms with Crippen LogP contribution in [0.15, 0.2) is 54.6 Å². The quantitative estimate of drug-likeness (QED) is 0.637. The van der Waals surface area contributed by atoms with Crippen molar-refractivity contribution in [3.8, 4) is 11.1 Å². The van der Waals surface area contributed by atoms with Gasteiger partial charge in [0, 0.05) is 6.42 Å². The molecule has 0 aliphatic heterocycles. The van der Waals surface area contributed by atoms with Gasteiger partial charge in [0.1, 0.15) is 5.92 Å². The van der Waals surface area contributed by atoms with E-state index in [1.807, 2.05) is 24.3 Å². The van der Waals surface area contributed by atoms with Crippen molar-refractivity contribution in [2.75, 3.05) is 0 Å². The van der Waals surface area contributed by atoms with E-state index in [1.165, 1.54) is 16.7 Å². The largest absolute Gasteiger partial charge is 0.298 e. The molecule has 2 aliphatic carbocycles. The maximum Gasteiger partial charge on any atom is 0.170 e. The molecule has 4 rings (SSSR count). The number of carbonyl (C=O) groups is 2. The minimum absolute atomic E-state index is 0.00635. The topological polar surface area (TPSA) is 34.1 Å². The van der Waals surface area contributed by atoms with Crippen molar-refractivity contribution in [2.45, 2.75) is 18.8 Å². The van der Waals surface area contributed by atoms with Crippen LogP contribution in [0.5, 0.6) is 0 Å². The molecule has 0 N–H and O–H groups in total. The highest BCUT2D eigenvalue weighted by molar-refractivity contribution is 6.15. The van der Waals surface area contributed by atoms with Gasteiger partial charge in [0.15, 0.2) is 11.6 Å². The van der Waals surface area contributed by atoms with Crippen molar-refractivity contribution in [3.63, 3.8) is 0 Å². The van der Waals surface area contributed by atoms with Gasteiger partial charge in [0.25, 0.3) is 0 Å². The molecule has 2 aromatic rings. The number of benzene rings is 2. The number of ketones is 2. The van der Waals surface area contributed by atoms with Gasteiger partial charge in [0.2, 0.25) is 0 Å². The fourth-order valence-electron chi connectivity index (χ4n) is 3.44. The minimum atomic E-state index is -0.612. The normalized spacial score (nSPS) is 19.5. The van der Waals surface area contributed by atoms with Crippen molar-refractivity contribution in [1.82, 2.24) is 0 Å². The number of allylic oxidation sites excluding steroid dienone is 2. The van der Waals surface area contributed by atoms with E-state index in [4.69, 9.17) is 0 Å². The lowest BCUT2D eigenvalue weighted by atomic mass is 9.82. The molecule has 2 aliphatic rings. The molecule has 1 unspecified atom stereocenters. The Kier molecular flexibility index (Phi) is 2.64. The van der Waals surface area contributed by atoms with Crippen LogP contribution in [0.25, 0.3) is 11.1 Å². The molecule has 0 saturated carbocycles. The van der Waals surface area contributed by atoms with Crippen LogP contribution in [0.4, 0.5) is 0 Å². The van der Waals surface area contributed by atoms with E-state index in [2.05, 4.69) is 18.2 Å². The molecular formula is C19H14O2. The summed E-state index contributed by atoms with van der Waals surface area (Å²) >= 11 is 0. The second-order valence-electron chi connectivity index (χ2n) is 5.62. The molecule has 0 radical (unpaired) electrons. The fraction of sp³-hybridized carbons (Fsp3) is 0.158. The minimum Gasteiger partial charge on any atom is -0.298 e. The summed E-state index contributed by atoms with van der Waals surface area (Å²) in [6.07, 6.45) is 4.38. The van der Waals surface area contributed by atoms with Crippen LogP contribution < -0.4 is 0 Å². The summed E-state index contributed by atoms with van der Waals surface area (Å²) in [4.78, 5) is 24.4. The monoisotopic (exact) mass is 274 g/mol. The maximum atomic E-state index is 12.2. The number of rotatable bonds is 1. The molecule has 0 aromatic heterocycles. The fourth-order valence-corrected chi connectivity index (χ4v) is 3.44. The van der Waals surface area contributed by atoms with Crippen LogP contribution in [-0.2, 0) is 16.0 Å². The smallest absolute Gasteiger partial charge is 0.170 e. The van der Waals surface area contributed by atoms with Crippen LogP contribution in [0.2, 0.25) is 0 Å². The van der Waals surface area contributed by atoms with E-state index >= 15 is 0 Å². The zero-order valence-electron chi connectivity index (χ0n) is 11.5. The van der Waals surface area contributed by atoms with E-state index in [1.54, 1.807) is 12.2 Å². The standard InChI is InChI=1S/C19H14O2/c20-17-9-4-10-18(21)19(17)15-8-3-7-14-13-6-2-1-5-12(13)11-16(14)15/h1-9,19H,10-11H2. The maximum absolute atomic E-state index is 12.2. The average molecular weight is 274 g/mol. The van der Waals surface area contributed by atoms with Crippen LogP contribution in [0, 0.1) is 0 Å². The predicted octanol–water partition coefficient (Wildman–Crippen LogP) is 3.44. The van der Waals surface area contributed by atoms with Crippen LogP contribution >= 0.6 is 0 Å². The van der Waals surface area contributed by atoms with Gasteiger partial charge in [0.05, 0.1) is 0 Å². The zero-order chi connectivity index (χ0) is 14.4. The van der Waals surface area contributed by atoms with Gasteiger partial charge in [-0.15, -0.1) is 0 Å². The predicted molar refractivity (Wildman–Crippen MR) is 81.2 cm³/mol. The Balaban J connectivity index is 1.89. The zero-order valence-corrected chi connectivity index (χ0v) is 11.5. The van der Waals surface area contributed by atoms with E-state index in [0.29, 0.717) is 6.42 Å². The summed E-state index contributed by atoms with van der Waals surface area (Å²) in [6, 6.07) is 14.3. The Morgan fingerprint density at radius 2 is 1.71 bits per heavy atom. The number of fused-ring (bicyclic) bond motifs is 3. The third kappa shape index (κ3) is 1.79. The first-order valence-corrected chi connectivity index (χ1v) is 7.19. The summed E-state index contributed by atoms with van der Waals surface area (Å²) in [5, 5.41) is 0. The lowest BCUT2D eigenvalue weighted by molar-refractivity contribution is -0.127. The van der Waals surface area contributed by atoms with Gasteiger partial charge in [-0.25, -0.2) is 0 Å². The highest BCUT2D eigenvalue weighted by Gasteiger charge is 2.32. The van der Waals surface area contributed by atoms with Crippen molar-refractivity contribution in [1.29, 1.82) is 0 Å². The molecule has 0 amide bonds. The van der Waals surface area contributed by atoms with E-state index in [0.717, 1.165) is 17.5 Å². The van der Waals surface area contributed by atoms with Gasteiger partial charge < -0.3 is 0 Å². The van der Waals surface area contributed by atoms with E-state index < -0.39 is 5.92 Å². The Morgan fingerprint density at radius 1 is 0.905 bits per heavy atom. The first-order valence-electron chi connectivity index (χ1n) is 7.19. The number of carbonyl (C=O) groups excluding carboxylic acids is 2. The van der Waals surface area contributed by atoms with Gasteiger partial charge in [-0.3, -0.25) is 9.59 Å². The number of hydrogen-bond acceptors (Lipinski definition) is 2. The third-order valence-electron chi connectivity index (χ3n) is 4.41. The summed E-state index contributed by atoms with van der Waals surface area (Å²) < 4.78 is 0. The summed E-state index contributed by atoms with van der Waals surface area (Å²) in [5.41, 5.74) is 5.69. The third-order valence-corrected chi connectivity index (χ3v) is 4.41. The molecule has 2 nitrogen and oxygen atoms in total. The molecule has 21 heavy (non-hydrogen) atoms. The average Bonchev–Trinajstić information content (AvgIpc) is 2.87. The highest BCUT2D eigenvalue weighted by Crippen LogP contribution is 2.41. The van der Waals surface area contributed by atoms with E-state index in [9.17, 15) is 9.59 Å². The van der Waals surface area contributed by atoms with Gasteiger partial charge in [-0.1, -0.05) is 48.5 Å². The Hall–Kier alpha value is -2.48. The molecule has 0 fully saturated rings. The molecule has 0 saturated heterocycles. The molecule has 2 aromatic carbocycles. The molecular weight excluding hydrogens is 260 g/mol. The first kappa shape index (κ1) is 12.3. The molecule has 0 spiro atoms. The lowest BCUT2D eigenvalue weighted by Crippen LogP contribution is -2.24. The summed E-state index contributed by atoms with van der Waals surface area (Å²) in [5.74, 6) is -0.693. The SMILES string of the molecule is O=C1C=CCC(=O)C1c1cccc2c1Cc1ccccc1-2. The van der Waals surface area contributed by atoms with Crippen LogP contribution in [-0.4, -0.2) is 11.6 Å². The van der Waals surface area contributed by atoms with Crippen molar-refractivity contribution in [3.05, 3.63) is 71.3 Å². The molecule has 1 atom stereocenters. The first-order chi connectivity index (χ1) is 10.3. The van der Waals surface area contributed by atoms with Crippen LogP contribution in [0.1, 0.15) is 29.0 Å². The summed E-state index contributed by atoms with van der Waals surface area (Å²) in [6.45, 7) is 0. The number of Topliss-reactive ketones (excluding diaryl/α,β-unsaturated/α-hetero) is 1. The van der Waals surface area contributed by atoms with Crippen molar-refractivity contribution >= 4 is 11.6 Å². The molecule has 2 heteroatoms. The summed E-state index contributed by atoms with van der Waals surface area (Å²) in [7, 11) is 0. The second-order valence-corrected chi connectivity index (χ2v) is 5.62. The lowest BCUT2D eigenvalue weighted by Gasteiger charge is -2.19. The Morgan fingerprint density at radius 3 is 2.57 bits per heavy atom. The van der Waals surface area contributed by atoms with Crippen molar-refractivity contribution in [2.24, 2.45) is 0 Å². The van der Waals surface area contributed by atoms with Crippen LogP contribution in [0.3, 0.4) is 0 Å². The van der Waals surface area contributed by atoms with Gasteiger partial charge in [-0.05, 0) is 40.3 Å². The Labute approximate surface area is 123 Å². The molecule has 0 bridgehead atoms. The van der Waals surface area contributed by atoms with Gasteiger partial charge >= 0.3 is 0 Å².